The van der Waals surface area contributed by atoms with Gasteiger partial charge >= 0.3 is 0 Å². The standard InChI is InChI=1S/C16H27ClN4O2/c1-12-15(16(17)19(2)18-12)14-4-3-5-21(14)11-13(22)10-20-6-8-23-9-7-20/h13-14,22H,3-11H2,1-2H3/t13-,14+/m1/s1. The molecule has 2 atom stereocenters. The van der Waals surface area contributed by atoms with Crippen LogP contribution in [0.4, 0.5) is 0 Å². The highest BCUT2D eigenvalue weighted by Crippen LogP contribution is 2.37. The molecule has 2 aliphatic rings. The van der Waals surface area contributed by atoms with E-state index in [2.05, 4.69) is 14.9 Å². The van der Waals surface area contributed by atoms with Gasteiger partial charge in [-0.15, -0.1) is 0 Å². The second-order valence-electron chi connectivity index (χ2n) is 6.63. The fourth-order valence-corrected chi connectivity index (χ4v) is 4.11. The van der Waals surface area contributed by atoms with Crippen LogP contribution in [0.2, 0.25) is 5.15 Å². The predicted molar refractivity (Wildman–Crippen MR) is 89.8 cm³/mol. The molecule has 0 spiro atoms. The van der Waals surface area contributed by atoms with E-state index in [0.29, 0.717) is 13.1 Å². The summed E-state index contributed by atoms with van der Waals surface area (Å²) in [6, 6.07) is 0.274. The minimum absolute atomic E-state index is 0.274. The maximum atomic E-state index is 10.5. The van der Waals surface area contributed by atoms with Crippen LogP contribution in [0.25, 0.3) is 0 Å². The van der Waals surface area contributed by atoms with Gasteiger partial charge in [-0.1, -0.05) is 11.6 Å². The van der Waals surface area contributed by atoms with Crippen molar-refractivity contribution in [3.05, 3.63) is 16.4 Å². The van der Waals surface area contributed by atoms with Gasteiger partial charge in [0.15, 0.2) is 0 Å². The lowest BCUT2D eigenvalue weighted by molar-refractivity contribution is 0.00583. The average Bonchev–Trinajstić information content (AvgIpc) is 3.05. The molecule has 2 fully saturated rings. The maximum absolute atomic E-state index is 10.5. The van der Waals surface area contributed by atoms with Crippen molar-refractivity contribution in [2.75, 3.05) is 45.9 Å². The Morgan fingerprint density at radius 2 is 2.04 bits per heavy atom. The zero-order valence-corrected chi connectivity index (χ0v) is 14.8. The Balaban J connectivity index is 1.62. The van der Waals surface area contributed by atoms with Gasteiger partial charge in [0.25, 0.3) is 0 Å². The molecule has 0 aromatic carbocycles. The topological polar surface area (TPSA) is 53.8 Å². The number of rotatable bonds is 5. The molecular weight excluding hydrogens is 316 g/mol. The Morgan fingerprint density at radius 3 is 2.70 bits per heavy atom. The zero-order valence-electron chi connectivity index (χ0n) is 14.0. The summed E-state index contributed by atoms with van der Waals surface area (Å²) in [6.07, 6.45) is 1.88. The van der Waals surface area contributed by atoms with E-state index >= 15 is 0 Å². The summed E-state index contributed by atoms with van der Waals surface area (Å²) in [4.78, 5) is 4.64. The number of nitrogens with zero attached hydrogens (tertiary/aromatic N) is 4. The quantitative estimate of drug-likeness (QED) is 0.871. The van der Waals surface area contributed by atoms with Gasteiger partial charge in [-0.05, 0) is 26.3 Å². The van der Waals surface area contributed by atoms with Crippen molar-refractivity contribution < 1.29 is 9.84 Å². The number of aliphatic hydroxyl groups is 1. The molecule has 1 N–H and O–H groups in total. The van der Waals surface area contributed by atoms with Gasteiger partial charge in [-0.3, -0.25) is 14.5 Å². The first-order chi connectivity index (χ1) is 11.1. The highest BCUT2D eigenvalue weighted by atomic mass is 35.5. The van der Waals surface area contributed by atoms with Gasteiger partial charge in [0, 0.05) is 44.8 Å². The van der Waals surface area contributed by atoms with Crippen LogP contribution in [0.15, 0.2) is 0 Å². The van der Waals surface area contributed by atoms with Crippen LogP contribution in [-0.2, 0) is 11.8 Å². The van der Waals surface area contributed by atoms with Gasteiger partial charge in [0.2, 0.25) is 0 Å². The molecule has 130 valence electrons. The second kappa shape index (κ2) is 7.49. The van der Waals surface area contributed by atoms with E-state index in [9.17, 15) is 5.11 Å². The van der Waals surface area contributed by atoms with E-state index in [1.807, 2.05) is 14.0 Å². The first kappa shape index (κ1) is 17.2. The van der Waals surface area contributed by atoms with Crippen molar-refractivity contribution in [1.82, 2.24) is 19.6 Å². The molecule has 7 heteroatoms. The summed E-state index contributed by atoms with van der Waals surface area (Å²) in [5.41, 5.74) is 2.13. The average molecular weight is 343 g/mol. The zero-order chi connectivity index (χ0) is 16.4. The summed E-state index contributed by atoms with van der Waals surface area (Å²) in [5.74, 6) is 0. The third kappa shape index (κ3) is 3.88. The van der Waals surface area contributed by atoms with Crippen LogP contribution >= 0.6 is 11.6 Å². The van der Waals surface area contributed by atoms with Crippen molar-refractivity contribution >= 4 is 11.6 Å². The van der Waals surface area contributed by atoms with E-state index in [0.717, 1.165) is 62.1 Å². The number of halogens is 1. The molecule has 1 aromatic heterocycles. The second-order valence-corrected chi connectivity index (χ2v) is 6.99. The molecular formula is C16H27ClN4O2. The van der Waals surface area contributed by atoms with Crippen LogP contribution in [-0.4, -0.2) is 76.7 Å². The van der Waals surface area contributed by atoms with E-state index in [1.165, 1.54) is 0 Å². The number of morpholine rings is 1. The Labute approximate surface area is 143 Å². The lowest BCUT2D eigenvalue weighted by atomic mass is 10.1. The number of aryl methyl sites for hydroxylation is 2. The summed E-state index contributed by atoms with van der Waals surface area (Å²) in [6.45, 7) is 7.78. The normalized spacial score (nSPS) is 25.1. The van der Waals surface area contributed by atoms with Crippen molar-refractivity contribution in [3.63, 3.8) is 0 Å². The predicted octanol–water partition coefficient (Wildman–Crippen LogP) is 1.21. The maximum Gasteiger partial charge on any atom is 0.131 e. The Hall–Kier alpha value is -0.660. The number of aromatic nitrogens is 2. The third-order valence-corrected chi connectivity index (χ3v) is 5.36. The van der Waals surface area contributed by atoms with Gasteiger partial charge in [0.05, 0.1) is 25.0 Å². The van der Waals surface area contributed by atoms with Crippen LogP contribution < -0.4 is 0 Å². The largest absolute Gasteiger partial charge is 0.390 e. The Bertz CT molecular complexity index is 530. The van der Waals surface area contributed by atoms with Crippen molar-refractivity contribution in [2.45, 2.75) is 31.9 Å². The minimum atomic E-state index is -0.343. The highest BCUT2D eigenvalue weighted by molar-refractivity contribution is 6.30. The smallest absolute Gasteiger partial charge is 0.131 e. The fourth-order valence-electron chi connectivity index (χ4n) is 3.81. The molecule has 0 unspecified atom stereocenters. The molecule has 3 rings (SSSR count). The number of hydrogen-bond donors (Lipinski definition) is 1. The Kier molecular flexibility index (Phi) is 5.59. The van der Waals surface area contributed by atoms with Crippen LogP contribution in [0.1, 0.15) is 30.1 Å². The molecule has 23 heavy (non-hydrogen) atoms. The summed E-state index contributed by atoms with van der Waals surface area (Å²) < 4.78 is 7.10. The van der Waals surface area contributed by atoms with E-state index in [1.54, 1.807) is 4.68 Å². The SMILES string of the molecule is Cc1nn(C)c(Cl)c1[C@@H]1CCCN1C[C@H](O)CN1CCOCC1. The molecule has 6 nitrogen and oxygen atoms in total. The monoisotopic (exact) mass is 342 g/mol. The molecule has 0 bridgehead atoms. The molecule has 1 aromatic rings. The number of aliphatic hydroxyl groups excluding tert-OH is 1. The van der Waals surface area contributed by atoms with Gasteiger partial charge in [0.1, 0.15) is 5.15 Å². The lowest BCUT2D eigenvalue weighted by Crippen LogP contribution is -2.44. The van der Waals surface area contributed by atoms with E-state index in [-0.39, 0.29) is 12.1 Å². The molecule has 2 saturated heterocycles. The molecule has 0 amide bonds. The van der Waals surface area contributed by atoms with Crippen LogP contribution in [0.5, 0.6) is 0 Å². The van der Waals surface area contributed by atoms with Crippen LogP contribution in [0.3, 0.4) is 0 Å². The van der Waals surface area contributed by atoms with Gasteiger partial charge < -0.3 is 9.84 Å². The highest BCUT2D eigenvalue weighted by Gasteiger charge is 2.32. The molecule has 0 saturated carbocycles. The van der Waals surface area contributed by atoms with Crippen molar-refractivity contribution in [3.8, 4) is 0 Å². The first-order valence-corrected chi connectivity index (χ1v) is 8.85. The summed E-state index contributed by atoms with van der Waals surface area (Å²) >= 11 is 6.44. The number of hydrogen-bond acceptors (Lipinski definition) is 5. The lowest BCUT2D eigenvalue weighted by Gasteiger charge is -2.31. The number of ether oxygens (including phenoxy) is 1. The van der Waals surface area contributed by atoms with E-state index in [4.69, 9.17) is 16.3 Å². The molecule has 2 aliphatic heterocycles. The fraction of sp³-hybridized carbons (Fsp3) is 0.812. The van der Waals surface area contributed by atoms with Crippen LogP contribution in [0, 0.1) is 6.92 Å². The van der Waals surface area contributed by atoms with E-state index < -0.39 is 0 Å². The van der Waals surface area contributed by atoms with Gasteiger partial charge in [-0.25, -0.2) is 0 Å². The van der Waals surface area contributed by atoms with Gasteiger partial charge in [-0.2, -0.15) is 5.10 Å². The molecule has 0 radical (unpaired) electrons. The Morgan fingerprint density at radius 1 is 1.30 bits per heavy atom. The van der Waals surface area contributed by atoms with Crippen molar-refractivity contribution in [1.29, 1.82) is 0 Å². The van der Waals surface area contributed by atoms with Crippen molar-refractivity contribution in [2.24, 2.45) is 7.05 Å². The number of likely N-dealkylation sites (tertiary alicyclic amines) is 1. The summed E-state index contributed by atoms with van der Waals surface area (Å²) in [5, 5.41) is 15.7. The first-order valence-electron chi connectivity index (χ1n) is 8.47. The molecule has 0 aliphatic carbocycles. The number of β-amino-alcohol motifs (C(OH)–C–C–N with tert-alkyl or cyclic N) is 1. The molecule has 3 heterocycles. The summed E-state index contributed by atoms with van der Waals surface area (Å²) in [7, 11) is 1.88. The minimum Gasteiger partial charge on any atom is -0.390 e. The third-order valence-electron chi connectivity index (χ3n) is 4.91.